The highest BCUT2D eigenvalue weighted by molar-refractivity contribution is 7.89. The summed E-state index contributed by atoms with van der Waals surface area (Å²) in [5.41, 5.74) is -0.725. The highest BCUT2D eigenvalue weighted by Gasteiger charge is 2.31. The van der Waals surface area contributed by atoms with E-state index in [4.69, 9.17) is 5.11 Å². The zero-order valence-corrected chi connectivity index (χ0v) is 12.2. The van der Waals surface area contributed by atoms with Gasteiger partial charge < -0.3 is 10.2 Å². The van der Waals surface area contributed by atoms with Crippen LogP contribution in [0.15, 0.2) is 17.0 Å². The van der Waals surface area contributed by atoms with Crippen LogP contribution in [0.3, 0.4) is 0 Å². The summed E-state index contributed by atoms with van der Waals surface area (Å²) in [5.74, 6) is -2.47. The van der Waals surface area contributed by atoms with Crippen molar-refractivity contribution in [3.63, 3.8) is 0 Å². The van der Waals surface area contributed by atoms with Gasteiger partial charge in [0.1, 0.15) is 5.82 Å². The number of halogens is 1. The molecule has 116 valence electrons. The van der Waals surface area contributed by atoms with Gasteiger partial charge in [0.25, 0.3) is 0 Å². The third-order valence-corrected chi connectivity index (χ3v) is 5.30. The number of hydrogen-bond donors (Lipinski definition) is 2. The summed E-state index contributed by atoms with van der Waals surface area (Å²) in [4.78, 5) is 10.7. The number of nitrogens with zero attached hydrogens (tertiary/aromatic N) is 1. The van der Waals surface area contributed by atoms with Crippen molar-refractivity contribution in [2.45, 2.75) is 30.8 Å². The average Bonchev–Trinajstić information content (AvgIpc) is 2.41. The van der Waals surface area contributed by atoms with Crippen molar-refractivity contribution in [1.82, 2.24) is 4.31 Å². The lowest BCUT2D eigenvalue weighted by molar-refractivity contribution is 0.0691. The molecule has 1 heterocycles. The van der Waals surface area contributed by atoms with Crippen molar-refractivity contribution in [2.24, 2.45) is 0 Å². The van der Waals surface area contributed by atoms with Gasteiger partial charge in [0.05, 0.1) is 16.6 Å². The first kappa shape index (κ1) is 15.9. The van der Waals surface area contributed by atoms with Crippen molar-refractivity contribution in [1.29, 1.82) is 0 Å². The first-order valence-corrected chi connectivity index (χ1v) is 7.89. The fourth-order valence-electron chi connectivity index (χ4n) is 2.33. The number of hydrogen-bond acceptors (Lipinski definition) is 4. The quantitative estimate of drug-likeness (QED) is 0.866. The van der Waals surface area contributed by atoms with E-state index in [1.807, 2.05) is 0 Å². The van der Waals surface area contributed by atoms with Crippen molar-refractivity contribution < 1.29 is 27.8 Å². The third-order valence-electron chi connectivity index (χ3n) is 3.46. The molecule has 0 amide bonds. The fourth-order valence-corrected chi connectivity index (χ4v) is 3.96. The van der Waals surface area contributed by atoms with Gasteiger partial charge in [0.2, 0.25) is 10.0 Å². The lowest BCUT2D eigenvalue weighted by Gasteiger charge is -2.29. The van der Waals surface area contributed by atoms with E-state index in [-0.39, 0.29) is 23.5 Å². The van der Waals surface area contributed by atoms with Gasteiger partial charge in [-0.3, -0.25) is 0 Å². The van der Waals surface area contributed by atoms with Gasteiger partial charge in [0, 0.05) is 13.1 Å². The zero-order chi connectivity index (χ0) is 15.8. The summed E-state index contributed by atoms with van der Waals surface area (Å²) in [6.45, 7) is 1.52. The van der Waals surface area contributed by atoms with Crippen LogP contribution >= 0.6 is 0 Å². The van der Waals surface area contributed by atoms with Crippen LogP contribution in [-0.2, 0) is 10.0 Å². The predicted molar refractivity (Wildman–Crippen MR) is 72.1 cm³/mol. The largest absolute Gasteiger partial charge is 0.478 e. The normalized spacial score (nSPS) is 20.4. The van der Waals surface area contributed by atoms with E-state index in [1.54, 1.807) is 0 Å². The van der Waals surface area contributed by atoms with Crippen molar-refractivity contribution in [3.8, 4) is 0 Å². The average molecular weight is 317 g/mol. The minimum absolute atomic E-state index is 0.0405. The molecule has 8 heteroatoms. The summed E-state index contributed by atoms with van der Waals surface area (Å²) >= 11 is 0. The van der Waals surface area contributed by atoms with Crippen LogP contribution in [0.4, 0.5) is 4.39 Å². The number of carbonyl (C=O) groups is 1. The lowest BCUT2D eigenvalue weighted by Crippen LogP contribution is -2.42. The zero-order valence-electron chi connectivity index (χ0n) is 11.4. The molecule has 2 rings (SSSR count). The number of piperidine rings is 1. The molecule has 0 aromatic heterocycles. The number of rotatable bonds is 3. The lowest BCUT2D eigenvalue weighted by atomic mass is 10.1. The number of aliphatic hydroxyl groups is 1. The van der Waals surface area contributed by atoms with E-state index in [0.717, 1.165) is 16.4 Å². The molecule has 1 aliphatic heterocycles. The number of carboxylic acids is 1. The molecule has 1 fully saturated rings. The number of aliphatic hydroxyl groups excluding tert-OH is 1. The Bertz CT molecular complexity index is 673. The highest BCUT2D eigenvalue weighted by Crippen LogP contribution is 2.24. The Morgan fingerprint density at radius 3 is 2.67 bits per heavy atom. The maximum absolute atomic E-state index is 13.7. The van der Waals surface area contributed by atoms with E-state index in [9.17, 15) is 22.7 Å². The number of β-amino-alcohol motifs (C(OH)–C–C–N with tert-alkyl or cyclic N) is 1. The first-order chi connectivity index (χ1) is 9.73. The standard InChI is InChI=1S/C13H16FNO5S/c1-8-5-10(6-11(12(8)14)13(17)18)21(19,20)15-4-2-3-9(16)7-15/h5-6,9,16H,2-4,7H2,1H3,(H,17,18). The molecule has 0 spiro atoms. The first-order valence-electron chi connectivity index (χ1n) is 6.45. The van der Waals surface area contributed by atoms with Gasteiger partial charge >= 0.3 is 5.97 Å². The van der Waals surface area contributed by atoms with Crippen LogP contribution in [0.25, 0.3) is 0 Å². The molecule has 0 radical (unpaired) electrons. The molecule has 1 saturated heterocycles. The maximum Gasteiger partial charge on any atom is 0.338 e. The van der Waals surface area contributed by atoms with E-state index < -0.39 is 33.5 Å². The maximum atomic E-state index is 13.7. The molecule has 21 heavy (non-hydrogen) atoms. The molecule has 1 atom stereocenters. The van der Waals surface area contributed by atoms with Crippen molar-refractivity contribution in [2.75, 3.05) is 13.1 Å². The molecule has 1 aromatic carbocycles. The number of sulfonamides is 1. The predicted octanol–water partition coefficient (Wildman–Crippen LogP) is 0.978. The Hall–Kier alpha value is -1.51. The van der Waals surface area contributed by atoms with Crippen LogP contribution in [-0.4, -0.2) is 48.1 Å². The smallest absolute Gasteiger partial charge is 0.338 e. The molecule has 0 saturated carbocycles. The Morgan fingerprint density at radius 2 is 2.10 bits per heavy atom. The second kappa shape index (κ2) is 5.70. The Morgan fingerprint density at radius 1 is 1.43 bits per heavy atom. The van der Waals surface area contributed by atoms with E-state index in [1.165, 1.54) is 6.92 Å². The molecular weight excluding hydrogens is 301 g/mol. The number of aryl methyl sites for hydroxylation is 1. The number of aromatic carboxylic acids is 1. The minimum atomic E-state index is -3.95. The topological polar surface area (TPSA) is 94.9 Å². The summed E-state index contributed by atoms with van der Waals surface area (Å²) in [6, 6.07) is 1.93. The second-order valence-electron chi connectivity index (χ2n) is 5.07. The molecule has 1 unspecified atom stereocenters. The molecule has 6 nitrogen and oxygen atoms in total. The summed E-state index contributed by atoms with van der Waals surface area (Å²) in [7, 11) is -3.95. The minimum Gasteiger partial charge on any atom is -0.478 e. The van der Waals surface area contributed by atoms with Crippen LogP contribution in [0.1, 0.15) is 28.8 Å². The van der Waals surface area contributed by atoms with E-state index in [2.05, 4.69) is 0 Å². The SMILES string of the molecule is Cc1cc(S(=O)(=O)N2CCCC(O)C2)cc(C(=O)O)c1F. The Balaban J connectivity index is 2.47. The van der Waals surface area contributed by atoms with Crippen LogP contribution in [0, 0.1) is 12.7 Å². The van der Waals surface area contributed by atoms with Gasteiger partial charge in [-0.15, -0.1) is 0 Å². The molecule has 1 aliphatic rings. The van der Waals surface area contributed by atoms with Crippen LogP contribution in [0.2, 0.25) is 0 Å². The van der Waals surface area contributed by atoms with Crippen molar-refractivity contribution in [3.05, 3.63) is 29.1 Å². The third kappa shape index (κ3) is 3.07. The Labute approximate surface area is 121 Å². The van der Waals surface area contributed by atoms with Gasteiger partial charge in [-0.2, -0.15) is 4.31 Å². The molecule has 1 aromatic rings. The number of carboxylic acid groups (broad SMARTS) is 1. The molecular formula is C13H16FNO5S. The van der Waals surface area contributed by atoms with Crippen LogP contribution in [0.5, 0.6) is 0 Å². The number of benzene rings is 1. The summed E-state index contributed by atoms with van der Waals surface area (Å²) < 4.78 is 39.7. The summed E-state index contributed by atoms with van der Waals surface area (Å²) in [5, 5.41) is 18.5. The Kier molecular flexibility index (Phi) is 4.31. The van der Waals surface area contributed by atoms with E-state index >= 15 is 0 Å². The van der Waals surface area contributed by atoms with Crippen LogP contribution < -0.4 is 0 Å². The van der Waals surface area contributed by atoms with Gasteiger partial charge in [-0.05, 0) is 37.5 Å². The summed E-state index contributed by atoms with van der Waals surface area (Å²) in [6.07, 6.45) is 0.301. The monoisotopic (exact) mass is 317 g/mol. The van der Waals surface area contributed by atoms with Gasteiger partial charge in [-0.25, -0.2) is 17.6 Å². The van der Waals surface area contributed by atoms with E-state index in [0.29, 0.717) is 12.8 Å². The second-order valence-corrected chi connectivity index (χ2v) is 7.00. The van der Waals surface area contributed by atoms with Gasteiger partial charge in [0.15, 0.2) is 0 Å². The van der Waals surface area contributed by atoms with Gasteiger partial charge in [-0.1, -0.05) is 0 Å². The molecule has 2 N–H and O–H groups in total. The molecule has 0 aliphatic carbocycles. The fraction of sp³-hybridized carbons (Fsp3) is 0.462. The highest BCUT2D eigenvalue weighted by atomic mass is 32.2. The van der Waals surface area contributed by atoms with Crippen molar-refractivity contribution >= 4 is 16.0 Å². The molecule has 0 bridgehead atoms.